The summed E-state index contributed by atoms with van der Waals surface area (Å²) in [6, 6.07) is 10.2. The summed E-state index contributed by atoms with van der Waals surface area (Å²) in [4.78, 5) is 4.51. The minimum Gasteiger partial charge on any atom is -0.452 e. The van der Waals surface area contributed by atoms with Gasteiger partial charge in [0.05, 0.1) is 10.5 Å². The van der Waals surface area contributed by atoms with Crippen LogP contribution in [0.5, 0.6) is 0 Å². The smallest absolute Gasteiger partial charge is 0.173 e. The molecule has 0 unspecified atom stereocenters. The molecule has 0 saturated heterocycles. The Hall–Kier alpha value is -2.13. The summed E-state index contributed by atoms with van der Waals surface area (Å²) in [6.45, 7) is 1.97. The zero-order chi connectivity index (χ0) is 13.9. The minimum absolute atomic E-state index is 0.329. The van der Waals surface area contributed by atoms with Crippen LogP contribution in [0.1, 0.15) is 5.56 Å². The van der Waals surface area contributed by atoms with Crippen LogP contribution in [0.25, 0.3) is 33.0 Å². The maximum atomic E-state index is 13.4. The molecule has 2 aromatic carbocycles. The standard InChI is InChI=1S/C16H9ClFNO/c1-8-3-2-4-11-14-16(20-15(8)11)13(17)10-6-5-9(18)7-12(10)19-14/h2-7H,1H3. The van der Waals surface area contributed by atoms with E-state index in [4.69, 9.17) is 16.0 Å². The van der Waals surface area contributed by atoms with Crippen molar-refractivity contribution in [1.82, 2.24) is 4.98 Å². The number of nitrogens with zero attached hydrogens (tertiary/aromatic N) is 1. The van der Waals surface area contributed by atoms with Crippen LogP contribution in [-0.2, 0) is 0 Å². The number of aryl methyl sites for hydroxylation is 1. The van der Waals surface area contributed by atoms with Crippen molar-refractivity contribution in [2.45, 2.75) is 6.92 Å². The molecular weight excluding hydrogens is 277 g/mol. The molecule has 4 rings (SSSR count). The summed E-state index contributed by atoms with van der Waals surface area (Å²) < 4.78 is 19.2. The van der Waals surface area contributed by atoms with Crippen LogP contribution in [-0.4, -0.2) is 4.98 Å². The van der Waals surface area contributed by atoms with E-state index in [-0.39, 0.29) is 5.82 Å². The van der Waals surface area contributed by atoms with Crippen LogP contribution in [0, 0.1) is 12.7 Å². The van der Waals surface area contributed by atoms with Gasteiger partial charge in [0.25, 0.3) is 0 Å². The van der Waals surface area contributed by atoms with Crippen molar-refractivity contribution < 1.29 is 8.81 Å². The SMILES string of the molecule is Cc1cccc2c1oc1c(Cl)c3ccc(F)cc3nc12. The van der Waals surface area contributed by atoms with Gasteiger partial charge < -0.3 is 4.42 Å². The fraction of sp³-hybridized carbons (Fsp3) is 0.0625. The van der Waals surface area contributed by atoms with Crippen LogP contribution in [0.3, 0.4) is 0 Å². The molecule has 0 radical (unpaired) electrons. The fourth-order valence-corrected chi connectivity index (χ4v) is 2.82. The molecule has 4 aromatic rings. The first-order valence-electron chi connectivity index (χ1n) is 6.22. The second-order valence-electron chi connectivity index (χ2n) is 4.82. The van der Waals surface area contributed by atoms with E-state index in [1.54, 1.807) is 6.07 Å². The second kappa shape index (κ2) is 3.93. The number of hydrogen-bond acceptors (Lipinski definition) is 2. The van der Waals surface area contributed by atoms with Crippen molar-refractivity contribution in [2.24, 2.45) is 0 Å². The average molecular weight is 286 g/mol. The summed E-state index contributed by atoms with van der Waals surface area (Å²) in [5.74, 6) is -0.329. The molecule has 0 bridgehead atoms. The number of para-hydroxylation sites is 1. The van der Waals surface area contributed by atoms with Gasteiger partial charge in [0.1, 0.15) is 16.9 Å². The van der Waals surface area contributed by atoms with Crippen molar-refractivity contribution in [3.05, 3.63) is 52.8 Å². The van der Waals surface area contributed by atoms with E-state index in [1.807, 2.05) is 25.1 Å². The van der Waals surface area contributed by atoms with E-state index in [0.717, 1.165) is 16.5 Å². The number of rotatable bonds is 0. The lowest BCUT2D eigenvalue weighted by Gasteiger charge is -2.00. The molecule has 0 amide bonds. The number of pyridine rings is 1. The Kier molecular flexibility index (Phi) is 2.30. The maximum Gasteiger partial charge on any atom is 0.173 e. The van der Waals surface area contributed by atoms with Gasteiger partial charge in [0, 0.05) is 16.8 Å². The quantitative estimate of drug-likeness (QED) is 0.442. The van der Waals surface area contributed by atoms with Gasteiger partial charge in [-0.2, -0.15) is 0 Å². The molecule has 0 aliphatic heterocycles. The molecule has 0 aliphatic carbocycles. The van der Waals surface area contributed by atoms with Crippen molar-refractivity contribution in [3.8, 4) is 0 Å². The zero-order valence-corrected chi connectivity index (χ0v) is 11.3. The summed E-state index contributed by atoms with van der Waals surface area (Å²) in [5, 5.41) is 2.06. The summed E-state index contributed by atoms with van der Waals surface area (Å²) in [5.41, 5.74) is 3.55. The van der Waals surface area contributed by atoms with Crippen LogP contribution in [0.15, 0.2) is 40.8 Å². The molecule has 0 saturated carbocycles. The van der Waals surface area contributed by atoms with Crippen LogP contribution in [0.2, 0.25) is 5.02 Å². The molecule has 0 spiro atoms. The Morgan fingerprint density at radius 1 is 1.10 bits per heavy atom. The van der Waals surface area contributed by atoms with Gasteiger partial charge in [-0.3, -0.25) is 0 Å². The molecule has 20 heavy (non-hydrogen) atoms. The van der Waals surface area contributed by atoms with Gasteiger partial charge >= 0.3 is 0 Å². The molecule has 2 nitrogen and oxygen atoms in total. The second-order valence-corrected chi connectivity index (χ2v) is 5.20. The topological polar surface area (TPSA) is 26.0 Å². The van der Waals surface area contributed by atoms with Crippen LogP contribution in [0.4, 0.5) is 4.39 Å². The lowest BCUT2D eigenvalue weighted by molar-refractivity contribution is 0.629. The van der Waals surface area contributed by atoms with E-state index >= 15 is 0 Å². The van der Waals surface area contributed by atoms with Crippen LogP contribution >= 0.6 is 11.6 Å². The molecule has 2 heterocycles. The largest absolute Gasteiger partial charge is 0.452 e. The van der Waals surface area contributed by atoms with E-state index in [0.29, 0.717) is 27.0 Å². The van der Waals surface area contributed by atoms with Gasteiger partial charge in [-0.25, -0.2) is 9.37 Å². The highest BCUT2D eigenvalue weighted by Gasteiger charge is 2.16. The highest BCUT2D eigenvalue weighted by Crippen LogP contribution is 2.37. The Balaban J connectivity index is 2.29. The highest BCUT2D eigenvalue weighted by atomic mass is 35.5. The summed E-state index contributed by atoms with van der Waals surface area (Å²) in [7, 11) is 0. The van der Waals surface area contributed by atoms with Gasteiger partial charge in [0.2, 0.25) is 0 Å². The Morgan fingerprint density at radius 2 is 1.95 bits per heavy atom. The molecule has 4 heteroatoms. The van der Waals surface area contributed by atoms with E-state index < -0.39 is 0 Å². The third-order valence-electron chi connectivity index (χ3n) is 3.51. The Morgan fingerprint density at radius 3 is 2.80 bits per heavy atom. The number of aromatic nitrogens is 1. The predicted octanol–water partition coefficient (Wildman–Crippen LogP) is 5.24. The molecule has 0 aliphatic rings. The van der Waals surface area contributed by atoms with Crippen molar-refractivity contribution in [1.29, 1.82) is 0 Å². The zero-order valence-electron chi connectivity index (χ0n) is 10.6. The lowest BCUT2D eigenvalue weighted by Crippen LogP contribution is -1.84. The molecule has 0 atom stereocenters. The molecule has 98 valence electrons. The summed E-state index contributed by atoms with van der Waals surface area (Å²) in [6.07, 6.45) is 0. The summed E-state index contributed by atoms with van der Waals surface area (Å²) >= 11 is 6.39. The van der Waals surface area contributed by atoms with E-state index in [9.17, 15) is 4.39 Å². The van der Waals surface area contributed by atoms with Crippen molar-refractivity contribution in [3.63, 3.8) is 0 Å². The number of benzene rings is 2. The van der Waals surface area contributed by atoms with Gasteiger partial charge in [-0.15, -0.1) is 0 Å². The first-order valence-corrected chi connectivity index (χ1v) is 6.59. The number of halogens is 2. The first-order chi connectivity index (χ1) is 9.65. The highest BCUT2D eigenvalue weighted by molar-refractivity contribution is 6.40. The molecule has 0 fully saturated rings. The first kappa shape index (κ1) is 11.7. The predicted molar refractivity (Wildman–Crippen MR) is 78.7 cm³/mol. The van der Waals surface area contributed by atoms with Crippen molar-refractivity contribution in [2.75, 3.05) is 0 Å². The number of fused-ring (bicyclic) bond motifs is 4. The van der Waals surface area contributed by atoms with Gasteiger partial charge in [-0.05, 0) is 30.7 Å². The molecule has 0 N–H and O–H groups in total. The van der Waals surface area contributed by atoms with E-state index in [1.165, 1.54) is 12.1 Å². The third kappa shape index (κ3) is 1.47. The number of furan rings is 1. The van der Waals surface area contributed by atoms with Gasteiger partial charge in [0.15, 0.2) is 5.58 Å². The Labute approximate surface area is 118 Å². The lowest BCUT2D eigenvalue weighted by atomic mass is 10.1. The third-order valence-corrected chi connectivity index (χ3v) is 3.89. The minimum atomic E-state index is -0.329. The maximum absolute atomic E-state index is 13.4. The molecular formula is C16H9ClFNO. The normalized spacial score (nSPS) is 11.8. The monoisotopic (exact) mass is 285 g/mol. The average Bonchev–Trinajstić information content (AvgIpc) is 2.79. The number of hydrogen-bond donors (Lipinski definition) is 0. The van der Waals surface area contributed by atoms with Crippen LogP contribution < -0.4 is 0 Å². The molecule has 2 aromatic heterocycles. The van der Waals surface area contributed by atoms with Gasteiger partial charge in [-0.1, -0.05) is 23.7 Å². The Bertz CT molecular complexity index is 990. The van der Waals surface area contributed by atoms with E-state index in [2.05, 4.69) is 4.98 Å². The van der Waals surface area contributed by atoms with Crippen molar-refractivity contribution >= 4 is 44.6 Å². The fourth-order valence-electron chi connectivity index (χ4n) is 2.53.